The van der Waals surface area contributed by atoms with Crippen LogP contribution in [0.15, 0.2) is 47.4 Å². The molecular weight excluding hydrogens is 378 g/mol. The predicted molar refractivity (Wildman–Crippen MR) is 97.5 cm³/mol. The third kappa shape index (κ3) is 3.25. The number of urea groups is 1. The van der Waals surface area contributed by atoms with Gasteiger partial charge in [0.05, 0.1) is 4.90 Å². The van der Waals surface area contributed by atoms with E-state index in [1.165, 1.54) is 12.1 Å². The Hall–Kier alpha value is -2.58. The van der Waals surface area contributed by atoms with Crippen LogP contribution < -0.4 is 15.4 Å². The van der Waals surface area contributed by atoms with Crippen LogP contribution in [-0.4, -0.2) is 20.4 Å². The second-order valence-electron chi connectivity index (χ2n) is 6.13. The van der Waals surface area contributed by atoms with Gasteiger partial charge >= 0.3 is 6.03 Å². The molecular formula is C17H16ClN3O4S. The minimum Gasteiger partial charge on any atom is -0.320 e. The zero-order valence-corrected chi connectivity index (χ0v) is 15.5. The molecule has 1 aliphatic heterocycles. The van der Waals surface area contributed by atoms with Gasteiger partial charge in [0.2, 0.25) is 0 Å². The van der Waals surface area contributed by atoms with Gasteiger partial charge in [-0.2, -0.15) is 0 Å². The Balaban J connectivity index is 1.96. The molecule has 0 spiro atoms. The van der Waals surface area contributed by atoms with Gasteiger partial charge in [0.15, 0.2) is 0 Å². The van der Waals surface area contributed by atoms with Gasteiger partial charge in [0.1, 0.15) is 5.54 Å². The Morgan fingerprint density at radius 3 is 2.50 bits per heavy atom. The zero-order valence-electron chi connectivity index (χ0n) is 14.0. The molecule has 0 radical (unpaired) electrons. The number of hydrogen-bond donors (Lipinski definition) is 3. The van der Waals surface area contributed by atoms with Crippen molar-refractivity contribution in [3.05, 3.63) is 58.6 Å². The smallest absolute Gasteiger partial charge is 0.320 e. The lowest BCUT2D eigenvalue weighted by Crippen LogP contribution is -2.40. The summed E-state index contributed by atoms with van der Waals surface area (Å²) >= 11 is 5.91. The molecule has 1 unspecified atom stereocenters. The molecule has 26 heavy (non-hydrogen) atoms. The fraction of sp³-hybridized carbons (Fsp3) is 0.176. The van der Waals surface area contributed by atoms with Crippen molar-refractivity contribution in [2.24, 2.45) is 0 Å². The van der Waals surface area contributed by atoms with Crippen molar-refractivity contribution >= 4 is 39.2 Å². The summed E-state index contributed by atoms with van der Waals surface area (Å²) in [5.41, 5.74) is -0.0156. The van der Waals surface area contributed by atoms with E-state index >= 15 is 0 Å². The largest absolute Gasteiger partial charge is 0.322 e. The quantitative estimate of drug-likeness (QED) is 0.694. The maximum atomic E-state index is 12.7. The molecule has 7 nitrogen and oxygen atoms in total. The Morgan fingerprint density at radius 2 is 1.85 bits per heavy atom. The molecule has 0 aromatic heterocycles. The summed E-state index contributed by atoms with van der Waals surface area (Å²) in [7, 11) is -3.87. The summed E-state index contributed by atoms with van der Waals surface area (Å²) in [5, 5.41) is 5.02. The zero-order chi connectivity index (χ0) is 19.1. The van der Waals surface area contributed by atoms with E-state index in [-0.39, 0.29) is 10.6 Å². The van der Waals surface area contributed by atoms with Gasteiger partial charge in [-0.3, -0.25) is 14.8 Å². The summed E-state index contributed by atoms with van der Waals surface area (Å²) in [4.78, 5) is 23.6. The Morgan fingerprint density at radius 1 is 1.12 bits per heavy atom. The van der Waals surface area contributed by atoms with Crippen LogP contribution in [0.3, 0.4) is 0 Å². The number of aryl methyl sites for hydroxylation is 1. The van der Waals surface area contributed by atoms with Crippen LogP contribution >= 0.6 is 11.6 Å². The van der Waals surface area contributed by atoms with Crippen LogP contribution in [0.1, 0.15) is 18.1 Å². The number of halogens is 1. The molecule has 1 fully saturated rings. The average molecular weight is 394 g/mol. The molecule has 3 rings (SSSR count). The van der Waals surface area contributed by atoms with Crippen molar-refractivity contribution in [2.45, 2.75) is 24.3 Å². The fourth-order valence-electron chi connectivity index (χ4n) is 2.71. The van der Waals surface area contributed by atoms with Crippen molar-refractivity contribution in [2.75, 3.05) is 4.72 Å². The van der Waals surface area contributed by atoms with Crippen molar-refractivity contribution in [3.63, 3.8) is 0 Å². The lowest BCUT2D eigenvalue weighted by molar-refractivity contribution is -0.123. The Labute approximate surface area is 155 Å². The SMILES string of the molecule is Cc1ccc(Cl)cc1S(=O)(=O)Nc1cccc(C2(C)NC(=O)NC2=O)c1. The van der Waals surface area contributed by atoms with Gasteiger partial charge in [-0.1, -0.05) is 29.8 Å². The number of imide groups is 1. The number of amides is 3. The van der Waals surface area contributed by atoms with Crippen molar-refractivity contribution < 1.29 is 18.0 Å². The molecule has 1 atom stereocenters. The number of carbonyl (C=O) groups excluding carboxylic acids is 2. The highest BCUT2D eigenvalue weighted by Gasteiger charge is 2.43. The summed E-state index contributed by atoms with van der Waals surface area (Å²) in [6, 6.07) is 10.3. The molecule has 3 N–H and O–H groups in total. The predicted octanol–water partition coefficient (Wildman–Crippen LogP) is 2.50. The number of benzene rings is 2. The van der Waals surface area contributed by atoms with Crippen LogP contribution in [0.2, 0.25) is 5.02 Å². The Kier molecular flexibility index (Phi) is 4.41. The molecule has 136 valence electrons. The first-order valence-electron chi connectivity index (χ1n) is 7.65. The molecule has 3 amide bonds. The molecule has 2 aromatic rings. The maximum absolute atomic E-state index is 12.7. The van der Waals surface area contributed by atoms with Gasteiger partial charge in [0.25, 0.3) is 15.9 Å². The van der Waals surface area contributed by atoms with Crippen LogP contribution in [-0.2, 0) is 20.4 Å². The highest BCUT2D eigenvalue weighted by Crippen LogP contribution is 2.28. The molecule has 0 aliphatic carbocycles. The minimum absolute atomic E-state index is 0.0635. The Bertz CT molecular complexity index is 1020. The third-order valence-corrected chi connectivity index (χ3v) is 5.93. The van der Waals surface area contributed by atoms with E-state index in [1.807, 2.05) is 0 Å². The third-order valence-electron chi connectivity index (χ3n) is 4.18. The van der Waals surface area contributed by atoms with Crippen LogP contribution in [0.5, 0.6) is 0 Å². The first kappa shape index (κ1) is 18.2. The average Bonchev–Trinajstić information content (AvgIpc) is 2.83. The van der Waals surface area contributed by atoms with E-state index in [4.69, 9.17) is 11.6 Å². The van der Waals surface area contributed by atoms with Crippen molar-refractivity contribution in [1.29, 1.82) is 0 Å². The first-order chi connectivity index (χ1) is 12.1. The second kappa shape index (κ2) is 6.30. The number of carbonyl (C=O) groups is 2. The fourth-order valence-corrected chi connectivity index (χ4v) is 4.27. The standard InChI is InChI=1S/C17H16ClN3O4S/c1-10-6-7-12(18)9-14(10)26(24,25)21-13-5-3-4-11(8-13)17(2)15(22)19-16(23)20-17/h3-9,21H,1-2H3,(H2,19,20,22,23). The number of rotatable bonds is 4. The highest BCUT2D eigenvalue weighted by molar-refractivity contribution is 7.92. The van der Waals surface area contributed by atoms with E-state index in [0.717, 1.165) is 0 Å². The minimum atomic E-state index is -3.87. The number of nitrogens with one attached hydrogen (secondary N) is 3. The van der Waals surface area contributed by atoms with E-state index in [1.54, 1.807) is 44.2 Å². The monoisotopic (exact) mass is 393 g/mol. The number of anilines is 1. The summed E-state index contributed by atoms with van der Waals surface area (Å²) in [6.07, 6.45) is 0. The highest BCUT2D eigenvalue weighted by atomic mass is 35.5. The lowest BCUT2D eigenvalue weighted by Gasteiger charge is -2.22. The topological polar surface area (TPSA) is 104 Å². The number of hydrogen-bond acceptors (Lipinski definition) is 4. The molecule has 0 bridgehead atoms. The summed E-state index contributed by atoms with van der Waals surface area (Å²) < 4.78 is 27.8. The molecule has 1 aliphatic rings. The van der Waals surface area contributed by atoms with Gasteiger partial charge < -0.3 is 5.32 Å². The van der Waals surface area contributed by atoms with E-state index < -0.39 is 27.5 Å². The molecule has 0 saturated carbocycles. The van der Waals surface area contributed by atoms with Crippen LogP contribution in [0.4, 0.5) is 10.5 Å². The molecule has 9 heteroatoms. The van der Waals surface area contributed by atoms with Gasteiger partial charge in [-0.05, 0) is 49.2 Å². The maximum Gasteiger partial charge on any atom is 0.322 e. The van der Waals surface area contributed by atoms with E-state index in [2.05, 4.69) is 15.4 Å². The molecule has 1 saturated heterocycles. The second-order valence-corrected chi connectivity index (χ2v) is 8.22. The van der Waals surface area contributed by atoms with Gasteiger partial charge in [-0.15, -0.1) is 0 Å². The first-order valence-corrected chi connectivity index (χ1v) is 9.51. The number of sulfonamides is 1. The summed E-state index contributed by atoms with van der Waals surface area (Å²) in [5.74, 6) is -0.506. The van der Waals surface area contributed by atoms with Gasteiger partial charge in [0, 0.05) is 10.7 Å². The normalized spacial score (nSPS) is 19.8. The van der Waals surface area contributed by atoms with Crippen LogP contribution in [0, 0.1) is 6.92 Å². The van der Waals surface area contributed by atoms with Crippen LogP contribution in [0.25, 0.3) is 0 Å². The van der Waals surface area contributed by atoms with E-state index in [0.29, 0.717) is 16.1 Å². The van der Waals surface area contributed by atoms with E-state index in [9.17, 15) is 18.0 Å². The van der Waals surface area contributed by atoms with Crippen molar-refractivity contribution in [1.82, 2.24) is 10.6 Å². The molecule has 2 aromatic carbocycles. The molecule has 1 heterocycles. The van der Waals surface area contributed by atoms with Gasteiger partial charge in [-0.25, -0.2) is 13.2 Å². The summed E-state index contributed by atoms with van der Waals surface area (Å²) in [6.45, 7) is 3.21. The lowest BCUT2D eigenvalue weighted by atomic mass is 9.92. The van der Waals surface area contributed by atoms with Crippen molar-refractivity contribution in [3.8, 4) is 0 Å².